The van der Waals surface area contributed by atoms with E-state index in [4.69, 9.17) is 10.8 Å². The van der Waals surface area contributed by atoms with Gasteiger partial charge in [-0.05, 0) is 48.1 Å². The molecule has 0 aliphatic rings. The van der Waals surface area contributed by atoms with Crippen LogP contribution in [0.25, 0.3) is 0 Å². The van der Waals surface area contributed by atoms with Gasteiger partial charge in [0.05, 0.1) is 0 Å². The monoisotopic (exact) mass is 309 g/mol. The van der Waals surface area contributed by atoms with E-state index in [1.165, 1.54) is 6.07 Å². The summed E-state index contributed by atoms with van der Waals surface area (Å²) in [6.07, 6.45) is 0.351. The average molecular weight is 309 g/mol. The standard InChI is InChI=1S/C10H13FINO/c1-10(13,5-6-14)9-7(11)3-2-4-8(9)12/h2-4,14H,5-6,13H2,1H3/t10-/m1/s1. The summed E-state index contributed by atoms with van der Waals surface area (Å²) in [6, 6.07) is 4.84. The second-order valence-electron chi connectivity index (χ2n) is 3.49. The molecule has 4 heteroatoms. The van der Waals surface area contributed by atoms with Crippen molar-refractivity contribution in [1.82, 2.24) is 0 Å². The fourth-order valence-corrected chi connectivity index (χ4v) is 2.48. The molecule has 0 spiro atoms. The van der Waals surface area contributed by atoms with E-state index in [1.54, 1.807) is 13.0 Å². The van der Waals surface area contributed by atoms with Gasteiger partial charge >= 0.3 is 0 Å². The van der Waals surface area contributed by atoms with E-state index >= 15 is 0 Å². The van der Waals surface area contributed by atoms with Crippen LogP contribution >= 0.6 is 22.6 Å². The molecule has 0 bridgehead atoms. The summed E-state index contributed by atoms with van der Waals surface area (Å²) >= 11 is 2.05. The van der Waals surface area contributed by atoms with E-state index in [0.717, 1.165) is 3.57 Å². The maximum absolute atomic E-state index is 13.5. The van der Waals surface area contributed by atoms with Gasteiger partial charge in [0.25, 0.3) is 0 Å². The van der Waals surface area contributed by atoms with Crippen LogP contribution in [0.3, 0.4) is 0 Å². The van der Waals surface area contributed by atoms with Gasteiger partial charge in [-0.15, -0.1) is 0 Å². The van der Waals surface area contributed by atoms with Crippen LogP contribution in [0.2, 0.25) is 0 Å². The largest absolute Gasteiger partial charge is 0.396 e. The highest BCUT2D eigenvalue weighted by molar-refractivity contribution is 14.1. The maximum atomic E-state index is 13.5. The Morgan fingerprint density at radius 3 is 2.71 bits per heavy atom. The summed E-state index contributed by atoms with van der Waals surface area (Å²) < 4.78 is 14.3. The predicted octanol–water partition coefficient (Wildman–Crippen LogP) is 1.99. The van der Waals surface area contributed by atoms with Crippen molar-refractivity contribution in [2.24, 2.45) is 5.73 Å². The Morgan fingerprint density at radius 2 is 2.21 bits per heavy atom. The molecule has 14 heavy (non-hydrogen) atoms. The highest BCUT2D eigenvalue weighted by atomic mass is 127. The Labute approximate surface area is 96.5 Å². The average Bonchev–Trinajstić information content (AvgIpc) is 2.02. The van der Waals surface area contributed by atoms with E-state index in [2.05, 4.69) is 0 Å². The summed E-state index contributed by atoms with van der Waals surface area (Å²) in [5.41, 5.74) is 5.62. The van der Waals surface area contributed by atoms with Gasteiger partial charge in [-0.1, -0.05) is 6.07 Å². The number of rotatable bonds is 3. The van der Waals surface area contributed by atoms with Crippen molar-refractivity contribution in [2.75, 3.05) is 6.61 Å². The van der Waals surface area contributed by atoms with E-state index in [0.29, 0.717) is 12.0 Å². The van der Waals surface area contributed by atoms with Crippen molar-refractivity contribution in [1.29, 1.82) is 0 Å². The minimum Gasteiger partial charge on any atom is -0.396 e. The van der Waals surface area contributed by atoms with Crippen molar-refractivity contribution in [2.45, 2.75) is 18.9 Å². The van der Waals surface area contributed by atoms with Gasteiger partial charge in [0.2, 0.25) is 0 Å². The van der Waals surface area contributed by atoms with Gasteiger partial charge in [-0.25, -0.2) is 4.39 Å². The molecule has 0 amide bonds. The van der Waals surface area contributed by atoms with E-state index in [1.807, 2.05) is 28.7 Å². The quantitative estimate of drug-likeness (QED) is 0.839. The lowest BCUT2D eigenvalue weighted by Crippen LogP contribution is -2.36. The van der Waals surface area contributed by atoms with Gasteiger partial charge in [-0.2, -0.15) is 0 Å². The number of halogens is 2. The van der Waals surface area contributed by atoms with Crippen LogP contribution < -0.4 is 5.73 Å². The molecule has 3 N–H and O–H groups in total. The van der Waals surface area contributed by atoms with Gasteiger partial charge in [0.15, 0.2) is 0 Å². The molecule has 0 aliphatic carbocycles. The molecule has 0 saturated carbocycles. The van der Waals surface area contributed by atoms with Crippen LogP contribution in [-0.2, 0) is 5.54 Å². The molecule has 0 aromatic heterocycles. The van der Waals surface area contributed by atoms with Crippen LogP contribution in [0.4, 0.5) is 4.39 Å². The molecule has 78 valence electrons. The minimum atomic E-state index is -0.809. The zero-order valence-corrected chi connectivity index (χ0v) is 10.1. The smallest absolute Gasteiger partial charge is 0.129 e. The Morgan fingerprint density at radius 1 is 1.57 bits per heavy atom. The highest BCUT2D eigenvalue weighted by Gasteiger charge is 2.26. The number of hydrogen-bond donors (Lipinski definition) is 2. The van der Waals surface area contributed by atoms with Crippen molar-refractivity contribution in [3.05, 3.63) is 33.1 Å². The van der Waals surface area contributed by atoms with E-state index < -0.39 is 5.54 Å². The van der Waals surface area contributed by atoms with Crippen molar-refractivity contribution in [3.63, 3.8) is 0 Å². The number of nitrogens with two attached hydrogens (primary N) is 1. The lowest BCUT2D eigenvalue weighted by atomic mass is 9.90. The van der Waals surface area contributed by atoms with Crippen molar-refractivity contribution >= 4 is 22.6 Å². The second-order valence-corrected chi connectivity index (χ2v) is 4.65. The topological polar surface area (TPSA) is 46.2 Å². The third-order valence-corrected chi connectivity index (χ3v) is 3.06. The van der Waals surface area contributed by atoms with Gasteiger partial charge in [-0.3, -0.25) is 0 Å². The molecule has 0 aliphatic heterocycles. The second kappa shape index (κ2) is 4.55. The first-order valence-corrected chi connectivity index (χ1v) is 5.41. The van der Waals surface area contributed by atoms with Gasteiger partial charge < -0.3 is 10.8 Å². The molecule has 0 unspecified atom stereocenters. The molecule has 0 fully saturated rings. The Kier molecular flexibility index (Phi) is 3.86. The first-order valence-electron chi connectivity index (χ1n) is 4.33. The first-order chi connectivity index (χ1) is 6.49. The number of benzene rings is 1. The molecule has 1 aromatic carbocycles. The normalized spacial score (nSPS) is 15.2. The fourth-order valence-electron chi connectivity index (χ4n) is 1.40. The van der Waals surface area contributed by atoms with Crippen LogP contribution in [0.15, 0.2) is 18.2 Å². The van der Waals surface area contributed by atoms with E-state index in [-0.39, 0.29) is 12.4 Å². The third kappa shape index (κ3) is 2.43. The van der Waals surface area contributed by atoms with Crippen LogP contribution in [-0.4, -0.2) is 11.7 Å². The summed E-state index contributed by atoms with van der Waals surface area (Å²) in [5.74, 6) is -0.310. The summed E-state index contributed by atoms with van der Waals surface area (Å²) in [5, 5.41) is 8.84. The van der Waals surface area contributed by atoms with Crippen LogP contribution in [0.1, 0.15) is 18.9 Å². The fraction of sp³-hybridized carbons (Fsp3) is 0.400. The molecule has 1 atom stereocenters. The molecule has 2 nitrogen and oxygen atoms in total. The van der Waals surface area contributed by atoms with Crippen LogP contribution in [0.5, 0.6) is 0 Å². The maximum Gasteiger partial charge on any atom is 0.129 e. The Balaban J connectivity index is 3.17. The van der Waals surface area contributed by atoms with Crippen molar-refractivity contribution in [3.8, 4) is 0 Å². The predicted molar refractivity (Wildman–Crippen MR) is 62.4 cm³/mol. The lowest BCUT2D eigenvalue weighted by molar-refractivity contribution is 0.244. The Bertz CT molecular complexity index is 308. The third-order valence-electron chi connectivity index (χ3n) is 2.17. The molecule has 0 saturated heterocycles. The van der Waals surface area contributed by atoms with Gasteiger partial charge in [0.1, 0.15) is 5.82 Å². The molecular weight excluding hydrogens is 296 g/mol. The molecule has 1 aromatic rings. The number of hydrogen-bond acceptors (Lipinski definition) is 2. The zero-order valence-electron chi connectivity index (χ0n) is 7.93. The highest BCUT2D eigenvalue weighted by Crippen LogP contribution is 2.28. The van der Waals surface area contributed by atoms with Crippen LogP contribution in [0, 0.1) is 9.39 Å². The van der Waals surface area contributed by atoms with Gasteiger partial charge in [0, 0.05) is 21.3 Å². The first kappa shape index (κ1) is 11.9. The zero-order chi connectivity index (χ0) is 10.8. The summed E-state index contributed by atoms with van der Waals surface area (Å²) in [7, 11) is 0. The lowest BCUT2D eigenvalue weighted by Gasteiger charge is -2.25. The SMILES string of the molecule is C[C@@](N)(CCO)c1c(F)cccc1I. The van der Waals surface area contributed by atoms with E-state index in [9.17, 15) is 4.39 Å². The summed E-state index contributed by atoms with van der Waals surface area (Å²) in [4.78, 5) is 0. The number of aliphatic hydroxyl groups is 1. The number of aliphatic hydroxyl groups excluding tert-OH is 1. The summed E-state index contributed by atoms with van der Waals surface area (Å²) in [6.45, 7) is 1.68. The molecular formula is C10H13FINO. The van der Waals surface area contributed by atoms with Crippen molar-refractivity contribution < 1.29 is 9.50 Å². The molecule has 1 rings (SSSR count). The molecule has 0 radical (unpaired) electrons. The molecule has 0 heterocycles. The minimum absolute atomic E-state index is 0.0442. The Hall–Kier alpha value is -0.200.